The topological polar surface area (TPSA) is 54.4 Å². The number of aldehydes is 1. The Bertz CT molecular complexity index is 496. The van der Waals surface area contributed by atoms with E-state index in [4.69, 9.17) is 0 Å². The predicted molar refractivity (Wildman–Crippen MR) is 69.7 cm³/mol. The molecule has 1 aliphatic carbocycles. The van der Waals surface area contributed by atoms with E-state index in [-0.39, 0.29) is 11.2 Å². The molecule has 3 nitrogen and oxygen atoms in total. The molecule has 0 heterocycles. The maximum Gasteiger partial charge on any atom is 0.187 e. The smallest absolute Gasteiger partial charge is 0.187 e. The standard InChI is InChI=1S/C15H18O3/c1-10(7-8-16)5-6-12-11(2)14(18)13(17)9-15(12,3)4/h7-8,13,17H,9H2,1-4H3/b10-7+. The Morgan fingerprint density at radius 3 is 2.67 bits per heavy atom. The SMILES string of the molecule is CC1=C(C#C/C(C)=C/C=O)C(C)(C)CC(O)C1=O. The highest BCUT2D eigenvalue weighted by Gasteiger charge is 2.37. The summed E-state index contributed by atoms with van der Waals surface area (Å²) in [6.07, 6.45) is 1.52. The average Bonchev–Trinajstić information content (AvgIpc) is 2.25. The molecule has 0 radical (unpaired) electrons. The molecule has 0 spiro atoms. The quantitative estimate of drug-likeness (QED) is 0.436. The summed E-state index contributed by atoms with van der Waals surface area (Å²) in [5.74, 6) is 5.58. The second-order valence-corrected chi connectivity index (χ2v) is 5.20. The Balaban J connectivity index is 3.23. The molecule has 1 rings (SSSR count). The van der Waals surface area contributed by atoms with Crippen molar-refractivity contribution in [2.45, 2.75) is 40.2 Å². The minimum atomic E-state index is -0.933. The van der Waals surface area contributed by atoms with Gasteiger partial charge in [-0.05, 0) is 26.3 Å². The highest BCUT2D eigenvalue weighted by Crippen LogP contribution is 2.38. The van der Waals surface area contributed by atoms with Crippen LogP contribution in [0.3, 0.4) is 0 Å². The van der Waals surface area contributed by atoms with E-state index in [1.165, 1.54) is 6.08 Å². The number of aliphatic hydroxyl groups excluding tert-OH is 1. The zero-order valence-corrected chi connectivity index (χ0v) is 11.2. The van der Waals surface area contributed by atoms with Crippen LogP contribution in [-0.4, -0.2) is 23.3 Å². The molecule has 1 N–H and O–H groups in total. The van der Waals surface area contributed by atoms with E-state index < -0.39 is 6.10 Å². The van der Waals surface area contributed by atoms with Crippen molar-refractivity contribution in [1.82, 2.24) is 0 Å². The molecule has 0 bridgehead atoms. The molecule has 1 atom stereocenters. The Kier molecular flexibility index (Phi) is 4.26. The number of rotatable bonds is 1. The Hall–Kier alpha value is -1.66. The van der Waals surface area contributed by atoms with E-state index in [0.29, 0.717) is 23.9 Å². The van der Waals surface area contributed by atoms with Gasteiger partial charge in [-0.25, -0.2) is 0 Å². The van der Waals surface area contributed by atoms with Crippen molar-refractivity contribution in [1.29, 1.82) is 0 Å². The molecule has 0 amide bonds. The predicted octanol–water partition coefficient (Wildman–Crippen LogP) is 1.81. The van der Waals surface area contributed by atoms with Crippen LogP contribution in [0.4, 0.5) is 0 Å². The zero-order valence-electron chi connectivity index (χ0n) is 11.2. The first kappa shape index (κ1) is 14.4. The fourth-order valence-corrected chi connectivity index (χ4v) is 2.13. The van der Waals surface area contributed by atoms with Crippen LogP contribution in [0.1, 0.15) is 34.1 Å². The van der Waals surface area contributed by atoms with Crippen LogP contribution in [0.2, 0.25) is 0 Å². The minimum absolute atomic E-state index is 0.254. The number of aliphatic hydroxyl groups is 1. The summed E-state index contributed by atoms with van der Waals surface area (Å²) >= 11 is 0. The number of hydrogen-bond donors (Lipinski definition) is 1. The summed E-state index contributed by atoms with van der Waals surface area (Å²) in [7, 11) is 0. The monoisotopic (exact) mass is 246 g/mol. The highest BCUT2D eigenvalue weighted by molar-refractivity contribution is 6.00. The van der Waals surface area contributed by atoms with E-state index in [9.17, 15) is 14.7 Å². The fraction of sp³-hybridized carbons (Fsp3) is 0.467. The van der Waals surface area contributed by atoms with Gasteiger partial charge in [0.05, 0.1) is 0 Å². The van der Waals surface area contributed by atoms with E-state index in [1.807, 2.05) is 13.8 Å². The summed E-state index contributed by atoms with van der Waals surface area (Å²) in [5.41, 5.74) is 1.59. The molecule has 1 aliphatic rings. The normalized spacial score (nSPS) is 23.5. The van der Waals surface area contributed by atoms with Gasteiger partial charge >= 0.3 is 0 Å². The lowest BCUT2D eigenvalue weighted by molar-refractivity contribution is -0.125. The van der Waals surface area contributed by atoms with Gasteiger partial charge in [-0.1, -0.05) is 25.7 Å². The highest BCUT2D eigenvalue weighted by atomic mass is 16.3. The molecule has 96 valence electrons. The Morgan fingerprint density at radius 2 is 2.11 bits per heavy atom. The lowest BCUT2D eigenvalue weighted by Gasteiger charge is -2.33. The lowest BCUT2D eigenvalue weighted by atomic mass is 9.71. The van der Waals surface area contributed by atoms with E-state index >= 15 is 0 Å². The third-order valence-corrected chi connectivity index (χ3v) is 3.13. The lowest BCUT2D eigenvalue weighted by Crippen LogP contribution is -2.35. The van der Waals surface area contributed by atoms with Gasteiger partial charge in [0.25, 0.3) is 0 Å². The third-order valence-electron chi connectivity index (χ3n) is 3.13. The number of hydrogen-bond acceptors (Lipinski definition) is 3. The Labute approximate surface area is 108 Å². The van der Waals surface area contributed by atoms with E-state index in [0.717, 1.165) is 5.57 Å². The molecule has 0 aromatic rings. The maximum absolute atomic E-state index is 11.7. The minimum Gasteiger partial charge on any atom is -0.385 e. The van der Waals surface area contributed by atoms with Crippen LogP contribution in [-0.2, 0) is 9.59 Å². The molecular formula is C15H18O3. The molecule has 0 aliphatic heterocycles. The molecular weight excluding hydrogens is 228 g/mol. The van der Waals surface area contributed by atoms with Crippen molar-refractivity contribution < 1.29 is 14.7 Å². The molecule has 0 saturated carbocycles. The van der Waals surface area contributed by atoms with Crippen molar-refractivity contribution in [3.8, 4) is 11.8 Å². The molecule has 0 fully saturated rings. The number of carbonyl (C=O) groups is 2. The first-order chi connectivity index (χ1) is 8.29. The molecule has 18 heavy (non-hydrogen) atoms. The molecule has 0 aromatic heterocycles. The van der Waals surface area contributed by atoms with Crippen molar-refractivity contribution >= 4 is 12.1 Å². The zero-order chi connectivity index (χ0) is 13.9. The largest absolute Gasteiger partial charge is 0.385 e. The van der Waals surface area contributed by atoms with Gasteiger partial charge in [0.1, 0.15) is 12.4 Å². The van der Waals surface area contributed by atoms with E-state index in [1.54, 1.807) is 13.8 Å². The van der Waals surface area contributed by atoms with Crippen molar-refractivity contribution in [2.24, 2.45) is 5.41 Å². The van der Waals surface area contributed by atoms with Crippen LogP contribution in [0.25, 0.3) is 0 Å². The van der Waals surface area contributed by atoms with E-state index in [2.05, 4.69) is 11.8 Å². The first-order valence-electron chi connectivity index (χ1n) is 5.87. The summed E-state index contributed by atoms with van der Waals surface area (Å²) in [5, 5.41) is 9.67. The van der Waals surface area contributed by atoms with Crippen molar-refractivity contribution in [3.05, 3.63) is 22.8 Å². The first-order valence-corrected chi connectivity index (χ1v) is 5.87. The van der Waals surface area contributed by atoms with Gasteiger partial charge in [0.15, 0.2) is 5.78 Å². The van der Waals surface area contributed by atoms with Gasteiger partial charge < -0.3 is 5.11 Å². The van der Waals surface area contributed by atoms with Crippen LogP contribution >= 0.6 is 0 Å². The molecule has 3 heteroatoms. The number of allylic oxidation sites excluding steroid dienone is 3. The second-order valence-electron chi connectivity index (χ2n) is 5.20. The third kappa shape index (κ3) is 2.96. The van der Waals surface area contributed by atoms with Crippen molar-refractivity contribution in [3.63, 3.8) is 0 Å². The fourth-order valence-electron chi connectivity index (χ4n) is 2.13. The summed E-state index contributed by atoms with van der Waals surface area (Å²) in [6, 6.07) is 0. The van der Waals surface area contributed by atoms with Crippen LogP contribution in [0, 0.1) is 17.3 Å². The second kappa shape index (κ2) is 5.32. The van der Waals surface area contributed by atoms with Crippen LogP contribution in [0.15, 0.2) is 22.8 Å². The van der Waals surface area contributed by atoms with Gasteiger partial charge in [-0.15, -0.1) is 0 Å². The van der Waals surface area contributed by atoms with Gasteiger partial charge in [-0.2, -0.15) is 0 Å². The average molecular weight is 246 g/mol. The molecule has 1 unspecified atom stereocenters. The van der Waals surface area contributed by atoms with Gasteiger partial charge in [0, 0.05) is 22.1 Å². The maximum atomic E-state index is 11.7. The molecule has 0 aromatic carbocycles. The van der Waals surface area contributed by atoms with Gasteiger partial charge in [-0.3, -0.25) is 9.59 Å². The van der Waals surface area contributed by atoms with Crippen LogP contribution in [0.5, 0.6) is 0 Å². The van der Waals surface area contributed by atoms with Crippen molar-refractivity contribution in [2.75, 3.05) is 0 Å². The van der Waals surface area contributed by atoms with Gasteiger partial charge in [0.2, 0.25) is 0 Å². The number of carbonyl (C=O) groups excluding carboxylic acids is 2. The number of ketones is 1. The molecule has 0 saturated heterocycles. The van der Waals surface area contributed by atoms with Crippen LogP contribution < -0.4 is 0 Å². The summed E-state index contributed by atoms with van der Waals surface area (Å²) in [4.78, 5) is 22.1. The summed E-state index contributed by atoms with van der Waals surface area (Å²) in [6.45, 7) is 7.34. The summed E-state index contributed by atoms with van der Waals surface area (Å²) < 4.78 is 0. The Morgan fingerprint density at radius 1 is 1.50 bits per heavy atom. The number of Topliss-reactive ketones (excluding diaryl/α,β-unsaturated/α-hetero) is 1.